The minimum absolute atomic E-state index is 0.188. The molecule has 0 fully saturated rings. The van der Waals surface area contributed by atoms with E-state index in [1.807, 2.05) is 0 Å². The molecule has 0 amide bonds. The first-order chi connectivity index (χ1) is 14.5. The highest BCUT2D eigenvalue weighted by atomic mass is 35.5. The van der Waals surface area contributed by atoms with E-state index < -0.39 is 11.9 Å². The second-order valence-corrected chi connectivity index (χ2v) is 6.99. The minimum Gasteiger partial charge on any atom is -0.458 e. The first-order valence-corrected chi connectivity index (χ1v) is 9.51. The van der Waals surface area contributed by atoms with Gasteiger partial charge in [0.25, 0.3) is 0 Å². The van der Waals surface area contributed by atoms with Crippen LogP contribution in [0.2, 0.25) is 5.15 Å². The van der Waals surface area contributed by atoms with E-state index in [0.717, 1.165) is 0 Å². The lowest BCUT2D eigenvalue weighted by Crippen LogP contribution is -2.31. The first-order valence-electron chi connectivity index (χ1n) is 9.13. The quantitative estimate of drug-likeness (QED) is 0.379. The summed E-state index contributed by atoms with van der Waals surface area (Å²) in [5.74, 6) is 0.266. The third-order valence-electron chi connectivity index (χ3n) is 4.69. The first kappa shape index (κ1) is 19.7. The molecule has 0 saturated heterocycles. The molecule has 2 aromatic heterocycles. The van der Waals surface area contributed by atoms with E-state index in [1.54, 1.807) is 43.3 Å². The van der Waals surface area contributed by atoms with Crippen LogP contribution in [0.25, 0.3) is 22.1 Å². The third kappa shape index (κ3) is 3.55. The van der Waals surface area contributed by atoms with Crippen LogP contribution in [0.4, 0.5) is 10.2 Å². The van der Waals surface area contributed by atoms with Gasteiger partial charge in [0, 0.05) is 0 Å². The number of halogens is 2. The number of anilines is 1. The number of nitrogens with two attached hydrogens (primary N) is 1. The van der Waals surface area contributed by atoms with Gasteiger partial charge in [0.05, 0.1) is 17.0 Å². The van der Waals surface area contributed by atoms with Crippen molar-refractivity contribution in [2.45, 2.75) is 13.0 Å². The number of hydrogen-bond acceptors (Lipinski definition) is 5. The van der Waals surface area contributed by atoms with E-state index in [4.69, 9.17) is 21.4 Å². The monoisotopic (exact) mass is 423 g/mol. The second-order valence-electron chi connectivity index (χ2n) is 6.64. The van der Waals surface area contributed by atoms with Gasteiger partial charge in [-0.15, -0.1) is 0 Å². The van der Waals surface area contributed by atoms with E-state index in [-0.39, 0.29) is 16.1 Å². The van der Waals surface area contributed by atoms with Gasteiger partial charge in [-0.1, -0.05) is 35.9 Å². The molecule has 0 aliphatic heterocycles. The number of aromatic nitrogens is 2. The molecule has 0 bridgehead atoms. The van der Waals surface area contributed by atoms with Crippen molar-refractivity contribution >= 4 is 34.6 Å². The average Bonchev–Trinajstić information content (AvgIpc) is 2.74. The zero-order valence-electron chi connectivity index (χ0n) is 15.9. The van der Waals surface area contributed by atoms with Crippen LogP contribution in [0.5, 0.6) is 0 Å². The maximum atomic E-state index is 13.9. The summed E-state index contributed by atoms with van der Waals surface area (Å²) in [6.07, 6.45) is 2.59. The van der Waals surface area contributed by atoms with E-state index in [1.165, 1.54) is 24.7 Å². The highest BCUT2D eigenvalue weighted by Crippen LogP contribution is 2.31. The molecular weight excluding hydrogens is 407 g/mol. The molecule has 1 atom stereocenters. The number of benzene rings is 2. The Labute approximate surface area is 175 Å². The van der Waals surface area contributed by atoms with Crippen LogP contribution in [0, 0.1) is 5.82 Å². The highest BCUT2D eigenvalue weighted by molar-refractivity contribution is 6.32. The van der Waals surface area contributed by atoms with Gasteiger partial charge < -0.3 is 9.73 Å². The molecule has 2 aromatic carbocycles. The predicted molar refractivity (Wildman–Crippen MR) is 114 cm³/mol. The van der Waals surface area contributed by atoms with Gasteiger partial charge in [-0.2, -0.15) is 0 Å². The Morgan fingerprint density at radius 1 is 1.20 bits per heavy atom. The molecule has 0 aliphatic carbocycles. The van der Waals surface area contributed by atoms with E-state index >= 15 is 0 Å². The van der Waals surface area contributed by atoms with Crippen LogP contribution in [0.3, 0.4) is 0 Å². The summed E-state index contributed by atoms with van der Waals surface area (Å²) in [7, 11) is 0. The molecule has 4 rings (SSSR count). The third-order valence-corrected chi connectivity index (χ3v) is 4.99. The van der Waals surface area contributed by atoms with Crippen molar-refractivity contribution in [3.8, 4) is 11.1 Å². The van der Waals surface area contributed by atoms with Crippen molar-refractivity contribution < 1.29 is 14.2 Å². The molecule has 3 N–H and O–H groups in total. The SMILES string of the molecule is CC(Nc1ncnc(Cl)c1C=[NH2+])c1oc2ccccc2c(=O)c1-c1cccc(F)c1. The molecule has 30 heavy (non-hydrogen) atoms. The Morgan fingerprint density at radius 3 is 2.77 bits per heavy atom. The van der Waals surface area contributed by atoms with Gasteiger partial charge in [-0.3, -0.25) is 10.2 Å². The molecular formula is C22H17ClFN4O2+. The maximum absolute atomic E-state index is 13.9. The number of nitrogens with zero attached hydrogens (tertiary/aromatic N) is 2. The van der Waals surface area contributed by atoms with Crippen molar-refractivity contribution in [1.82, 2.24) is 9.97 Å². The molecule has 150 valence electrons. The Kier molecular flexibility index (Phi) is 5.29. The Hall–Kier alpha value is -3.58. The summed E-state index contributed by atoms with van der Waals surface area (Å²) >= 11 is 6.09. The molecule has 4 aromatic rings. The van der Waals surface area contributed by atoms with Crippen molar-refractivity contribution in [2.24, 2.45) is 0 Å². The predicted octanol–water partition coefficient (Wildman–Crippen LogP) is 3.39. The van der Waals surface area contributed by atoms with E-state index in [9.17, 15) is 9.18 Å². The normalized spacial score (nSPS) is 12.0. The topological polar surface area (TPSA) is 93.6 Å². The number of rotatable bonds is 5. The zero-order chi connectivity index (χ0) is 21.3. The summed E-state index contributed by atoms with van der Waals surface area (Å²) in [6.45, 7) is 1.80. The molecule has 2 heterocycles. The number of nitrogens with one attached hydrogen (secondary N) is 1. The van der Waals surface area contributed by atoms with Crippen molar-refractivity contribution in [3.63, 3.8) is 0 Å². The number of hydrogen-bond donors (Lipinski definition) is 2. The summed E-state index contributed by atoms with van der Waals surface area (Å²) in [4.78, 5) is 21.4. The highest BCUT2D eigenvalue weighted by Gasteiger charge is 2.23. The van der Waals surface area contributed by atoms with E-state index in [0.29, 0.717) is 33.7 Å². The number of fused-ring (bicyclic) bond motifs is 1. The second kappa shape index (κ2) is 8.04. The number of para-hydroxylation sites is 1. The fraction of sp³-hybridized carbons (Fsp3) is 0.0909. The Balaban J connectivity index is 1.91. The molecule has 0 radical (unpaired) electrons. The van der Waals surface area contributed by atoms with Gasteiger partial charge in [0.2, 0.25) is 5.43 Å². The summed E-state index contributed by atoms with van der Waals surface area (Å²) in [5.41, 5.74) is 1.28. The van der Waals surface area contributed by atoms with Crippen LogP contribution in [-0.2, 0) is 0 Å². The van der Waals surface area contributed by atoms with Gasteiger partial charge in [0.1, 0.15) is 40.0 Å². The molecule has 8 heteroatoms. The standard InChI is InChI=1S/C22H16ClFN4O2/c1-12(28-22-16(10-25)21(23)26-11-27-22)20-18(13-5-4-6-14(24)9-13)19(29)15-7-2-3-8-17(15)30-20/h2-12,25H,1H3,(H,26,27,28)/p+1. The Morgan fingerprint density at radius 2 is 2.00 bits per heavy atom. The zero-order valence-corrected chi connectivity index (χ0v) is 16.7. The van der Waals surface area contributed by atoms with Gasteiger partial charge in [-0.05, 0) is 36.8 Å². The fourth-order valence-corrected chi connectivity index (χ4v) is 3.49. The summed E-state index contributed by atoms with van der Waals surface area (Å²) in [6, 6.07) is 12.2. The molecule has 0 aliphatic rings. The minimum atomic E-state index is -0.523. The van der Waals surface area contributed by atoms with Crippen molar-refractivity contribution in [2.75, 3.05) is 5.32 Å². The van der Waals surface area contributed by atoms with Gasteiger partial charge >= 0.3 is 0 Å². The van der Waals surface area contributed by atoms with E-state index in [2.05, 4.69) is 15.3 Å². The fourth-order valence-electron chi connectivity index (χ4n) is 3.29. The van der Waals surface area contributed by atoms with Crippen LogP contribution in [0.1, 0.15) is 24.3 Å². The maximum Gasteiger partial charge on any atom is 0.200 e. The van der Waals surface area contributed by atoms with Crippen LogP contribution < -0.4 is 16.2 Å². The van der Waals surface area contributed by atoms with Crippen molar-refractivity contribution in [3.05, 3.63) is 87.4 Å². The lowest BCUT2D eigenvalue weighted by Gasteiger charge is -2.18. The lowest BCUT2D eigenvalue weighted by molar-refractivity contribution is -0.104. The molecule has 0 saturated carbocycles. The summed E-state index contributed by atoms with van der Waals surface area (Å²) in [5, 5.41) is 9.42. The average molecular weight is 424 g/mol. The molecule has 0 spiro atoms. The lowest BCUT2D eigenvalue weighted by atomic mass is 9.99. The Bertz CT molecular complexity index is 1320. The largest absolute Gasteiger partial charge is 0.458 e. The molecule has 6 nitrogen and oxygen atoms in total. The van der Waals surface area contributed by atoms with Gasteiger partial charge in [0.15, 0.2) is 6.21 Å². The van der Waals surface area contributed by atoms with Crippen LogP contribution in [0.15, 0.2) is 64.1 Å². The van der Waals surface area contributed by atoms with Crippen LogP contribution >= 0.6 is 11.6 Å². The van der Waals surface area contributed by atoms with Crippen LogP contribution in [-0.4, -0.2) is 16.2 Å². The summed E-state index contributed by atoms with van der Waals surface area (Å²) < 4.78 is 20.0. The smallest absolute Gasteiger partial charge is 0.200 e. The molecule has 1 unspecified atom stereocenters. The van der Waals surface area contributed by atoms with Crippen molar-refractivity contribution in [1.29, 1.82) is 0 Å². The van der Waals surface area contributed by atoms with Gasteiger partial charge in [-0.25, -0.2) is 14.4 Å².